The van der Waals surface area contributed by atoms with Gasteiger partial charge in [0.1, 0.15) is 0 Å². The molecule has 1 atom stereocenters. The van der Waals surface area contributed by atoms with Crippen molar-refractivity contribution in [3.05, 3.63) is 60.2 Å². The molecule has 1 heterocycles. The van der Waals surface area contributed by atoms with Crippen LogP contribution in [0.1, 0.15) is 29.6 Å². The lowest BCUT2D eigenvalue weighted by Gasteiger charge is -2.22. The lowest BCUT2D eigenvalue weighted by atomic mass is 10.00. The van der Waals surface area contributed by atoms with E-state index in [-0.39, 0.29) is 5.97 Å². The minimum Gasteiger partial charge on any atom is -0.425 e. The third-order valence-electron chi connectivity index (χ3n) is 4.29. The molecule has 4 rings (SSSR count). The number of carbonyl (C=O) groups excluding carboxylic acids is 2. The first-order valence-electron chi connectivity index (χ1n) is 8.03. The fourth-order valence-electron chi connectivity index (χ4n) is 3.09. The first kappa shape index (κ1) is 14.7. The van der Waals surface area contributed by atoms with Crippen molar-refractivity contribution in [3.8, 4) is 0 Å². The lowest BCUT2D eigenvalue weighted by molar-refractivity contribution is -0.176. The van der Waals surface area contributed by atoms with Gasteiger partial charge in [0.15, 0.2) is 0 Å². The van der Waals surface area contributed by atoms with Crippen LogP contribution in [0.25, 0.3) is 21.5 Å². The molecule has 3 aromatic carbocycles. The van der Waals surface area contributed by atoms with Crippen molar-refractivity contribution in [2.75, 3.05) is 0 Å². The number of ether oxygens (including phenoxy) is 2. The summed E-state index contributed by atoms with van der Waals surface area (Å²) in [5.74, 6) is -0.779. The first-order chi connectivity index (χ1) is 11.7. The van der Waals surface area contributed by atoms with Crippen LogP contribution in [0.3, 0.4) is 0 Å². The zero-order valence-electron chi connectivity index (χ0n) is 13.0. The van der Waals surface area contributed by atoms with E-state index in [1.54, 1.807) is 6.07 Å². The fourth-order valence-corrected chi connectivity index (χ4v) is 3.09. The Balaban J connectivity index is 1.71. The van der Waals surface area contributed by atoms with Crippen molar-refractivity contribution in [3.63, 3.8) is 0 Å². The van der Waals surface area contributed by atoms with Crippen molar-refractivity contribution in [2.45, 2.75) is 25.6 Å². The minimum atomic E-state index is -0.783. The zero-order valence-corrected chi connectivity index (χ0v) is 13.0. The first-order valence-corrected chi connectivity index (χ1v) is 8.03. The summed E-state index contributed by atoms with van der Waals surface area (Å²) in [5.41, 5.74) is 0.486. The molecule has 0 aromatic heterocycles. The molecule has 1 saturated heterocycles. The number of rotatable bonds is 2. The van der Waals surface area contributed by atoms with E-state index in [2.05, 4.69) is 6.07 Å². The van der Waals surface area contributed by atoms with E-state index in [9.17, 15) is 9.59 Å². The third kappa shape index (κ3) is 2.71. The van der Waals surface area contributed by atoms with Crippen LogP contribution >= 0.6 is 0 Å². The van der Waals surface area contributed by atoms with E-state index in [1.807, 2.05) is 42.5 Å². The van der Waals surface area contributed by atoms with E-state index in [1.165, 1.54) is 0 Å². The number of cyclic esters (lactones) is 1. The predicted molar refractivity (Wildman–Crippen MR) is 90.6 cm³/mol. The molecule has 0 aliphatic carbocycles. The number of hydrogen-bond acceptors (Lipinski definition) is 4. The molecule has 4 nitrogen and oxygen atoms in total. The Morgan fingerprint density at radius 3 is 2.54 bits per heavy atom. The molecule has 0 saturated carbocycles. The second kappa shape index (κ2) is 5.96. The molecule has 1 aliphatic heterocycles. The Kier molecular flexibility index (Phi) is 3.65. The smallest absolute Gasteiger partial charge is 0.341 e. The summed E-state index contributed by atoms with van der Waals surface area (Å²) < 4.78 is 10.5. The van der Waals surface area contributed by atoms with Crippen LogP contribution in [0.2, 0.25) is 0 Å². The highest BCUT2D eigenvalue weighted by molar-refractivity contribution is 6.09. The lowest BCUT2D eigenvalue weighted by Crippen LogP contribution is -2.28. The van der Waals surface area contributed by atoms with Gasteiger partial charge in [0.05, 0.1) is 5.56 Å². The molecular weight excluding hydrogens is 304 g/mol. The van der Waals surface area contributed by atoms with Crippen molar-refractivity contribution in [1.29, 1.82) is 0 Å². The molecule has 1 unspecified atom stereocenters. The Labute approximate surface area is 139 Å². The van der Waals surface area contributed by atoms with Gasteiger partial charge in [0.2, 0.25) is 6.29 Å². The van der Waals surface area contributed by atoms with Crippen molar-refractivity contribution in [2.24, 2.45) is 0 Å². The summed E-state index contributed by atoms with van der Waals surface area (Å²) in [7, 11) is 0. The van der Waals surface area contributed by atoms with Gasteiger partial charge in [-0.25, -0.2) is 4.79 Å². The molecule has 0 N–H and O–H groups in total. The molecule has 1 fully saturated rings. The molecular formula is C20H16O4. The average molecular weight is 320 g/mol. The normalized spacial score (nSPS) is 17.7. The Bertz CT molecular complexity index is 945. The van der Waals surface area contributed by atoms with Crippen LogP contribution in [0.15, 0.2) is 54.6 Å². The quantitative estimate of drug-likeness (QED) is 0.524. The molecule has 4 heteroatoms. The van der Waals surface area contributed by atoms with Gasteiger partial charge in [-0.15, -0.1) is 0 Å². The van der Waals surface area contributed by atoms with Crippen molar-refractivity contribution in [1.82, 2.24) is 0 Å². The molecule has 24 heavy (non-hydrogen) atoms. The van der Waals surface area contributed by atoms with Gasteiger partial charge in [-0.2, -0.15) is 0 Å². The SMILES string of the molecule is O=C1CCCC(OC(=O)c2cccc3cc4ccccc4cc23)O1. The van der Waals surface area contributed by atoms with Gasteiger partial charge in [-0.3, -0.25) is 4.79 Å². The van der Waals surface area contributed by atoms with Gasteiger partial charge >= 0.3 is 11.9 Å². The topological polar surface area (TPSA) is 52.6 Å². The van der Waals surface area contributed by atoms with Gasteiger partial charge in [-0.1, -0.05) is 36.4 Å². The largest absolute Gasteiger partial charge is 0.425 e. The van der Waals surface area contributed by atoms with E-state index >= 15 is 0 Å². The fraction of sp³-hybridized carbons (Fsp3) is 0.200. The number of carbonyl (C=O) groups is 2. The summed E-state index contributed by atoms with van der Waals surface area (Å²) in [6, 6.07) is 17.6. The van der Waals surface area contributed by atoms with Crippen LogP contribution < -0.4 is 0 Å². The summed E-state index contributed by atoms with van der Waals surface area (Å²) in [6.07, 6.45) is 0.825. The molecule has 120 valence electrons. The molecule has 0 spiro atoms. The van der Waals surface area contributed by atoms with Crippen LogP contribution in [-0.2, 0) is 14.3 Å². The van der Waals surface area contributed by atoms with Crippen LogP contribution in [0.5, 0.6) is 0 Å². The maximum Gasteiger partial charge on any atom is 0.341 e. The van der Waals surface area contributed by atoms with Crippen molar-refractivity contribution >= 4 is 33.5 Å². The van der Waals surface area contributed by atoms with E-state index in [0.717, 1.165) is 21.5 Å². The summed E-state index contributed by atoms with van der Waals surface area (Å²) in [6.45, 7) is 0. The minimum absolute atomic E-state index is 0.317. The van der Waals surface area contributed by atoms with E-state index in [4.69, 9.17) is 9.47 Å². The van der Waals surface area contributed by atoms with Crippen LogP contribution in [-0.4, -0.2) is 18.2 Å². The highest BCUT2D eigenvalue weighted by Crippen LogP contribution is 2.27. The summed E-state index contributed by atoms with van der Waals surface area (Å²) >= 11 is 0. The number of benzene rings is 3. The monoisotopic (exact) mass is 320 g/mol. The van der Waals surface area contributed by atoms with Crippen molar-refractivity contribution < 1.29 is 19.1 Å². The highest BCUT2D eigenvalue weighted by Gasteiger charge is 2.25. The van der Waals surface area contributed by atoms with E-state index < -0.39 is 12.3 Å². The molecule has 0 radical (unpaired) electrons. The average Bonchev–Trinajstić information content (AvgIpc) is 2.59. The molecule has 1 aliphatic rings. The standard InChI is InChI=1S/C20H16O4/c21-18-9-4-10-19(23-18)24-20(22)16-8-3-7-15-11-13-5-1-2-6-14(13)12-17(15)16/h1-3,5-8,11-12,19H,4,9-10H2. The molecule has 3 aromatic rings. The van der Waals surface area contributed by atoms with Gasteiger partial charge in [0.25, 0.3) is 0 Å². The third-order valence-corrected chi connectivity index (χ3v) is 4.29. The second-order valence-corrected chi connectivity index (χ2v) is 5.94. The molecule has 0 amide bonds. The summed E-state index contributed by atoms with van der Waals surface area (Å²) in [4.78, 5) is 23.9. The van der Waals surface area contributed by atoms with Gasteiger partial charge in [0, 0.05) is 12.8 Å². The van der Waals surface area contributed by atoms with Crippen LogP contribution in [0, 0.1) is 0 Å². The van der Waals surface area contributed by atoms with Gasteiger partial charge < -0.3 is 9.47 Å². The zero-order chi connectivity index (χ0) is 16.5. The van der Waals surface area contributed by atoms with Crippen LogP contribution in [0.4, 0.5) is 0 Å². The maximum atomic E-state index is 12.6. The number of hydrogen-bond donors (Lipinski definition) is 0. The Morgan fingerprint density at radius 2 is 1.75 bits per heavy atom. The number of esters is 2. The Morgan fingerprint density at radius 1 is 1.00 bits per heavy atom. The summed E-state index contributed by atoms with van der Waals surface area (Å²) in [5, 5.41) is 4.00. The highest BCUT2D eigenvalue weighted by atomic mass is 16.7. The second-order valence-electron chi connectivity index (χ2n) is 5.94. The number of fused-ring (bicyclic) bond motifs is 2. The Hall–Kier alpha value is -2.88. The van der Waals surface area contributed by atoms with E-state index in [0.29, 0.717) is 24.8 Å². The molecule has 0 bridgehead atoms. The van der Waals surface area contributed by atoms with Gasteiger partial charge in [-0.05, 0) is 46.2 Å². The maximum absolute atomic E-state index is 12.6. The predicted octanol–water partition coefficient (Wildman–Crippen LogP) is 4.20.